The van der Waals surface area contributed by atoms with Crippen LogP contribution in [0.2, 0.25) is 5.02 Å². The van der Waals surface area contributed by atoms with Gasteiger partial charge in [-0.1, -0.05) is 11.6 Å². The highest BCUT2D eigenvalue weighted by Gasteiger charge is 2.06. The van der Waals surface area contributed by atoms with Crippen LogP contribution in [0.1, 0.15) is 0 Å². The first-order chi connectivity index (χ1) is 11.0. The van der Waals surface area contributed by atoms with Gasteiger partial charge in [0.15, 0.2) is 5.11 Å². The van der Waals surface area contributed by atoms with Gasteiger partial charge in [0.05, 0.1) is 26.4 Å². The largest absolute Gasteiger partial charge is 0.497 e. The molecule has 0 amide bonds. The molecule has 5 nitrogen and oxygen atoms in total. The maximum absolute atomic E-state index is 6.09. The average molecular weight is 353 g/mol. The molecule has 0 aliphatic rings. The normalized spacial score (nSPS) is 9.91. The predicted molar refractivity (Wildman–Crippen MR) is 97.4 cm³/mol. The zero-order chi connectivity index (χ0) is 16.8. The molecule has 0 radical (unpaired) electrons. The van der Waals surface area contributed by atoms with E-state index in [1.807, 2.05) is 18.2 Å². The summed E-state index contributed by atoms with van der Waals surface area (Å²) in [6.45, 7) is 0. The Labute approximate surface area is 145 Å². The first-order valence-corrected chi connectivity index (χ1v) is 7.49. The van der Waals surface area contributed by atoms with Gasteiger partial charge in [-0.2, -0.15) is 0 Å². The van der Waals surface area contributed by atoms with Crippen LogP contribution in [0.15, 0.2) is 36.4 Å². The molecule has 122 valence electrons. The van der Waals surface area contributed by atoms with Crippen LogP contribution in [0.5, 0.6) is 17.2 Å². The minimum atomic E-state index is 0.418. The number of anilines is 2. The Morgan fingerprint density at radius 1 is 0.870 bits per heavy atom. The SMILES string of the molecule is COc1cc(NC(=S)Nc2ccc(OC)c(Cl)c2)cc(OC)c1. The van der Waals surface area contributed by atoms with E-state index in [0.717, 1.165) is 11.4 Å². The summed E-state index contributed by atoms with van der Waals surface area (Å²) < 4.78 is 15.6. The van der Waals surface area contributed by atoms with Crippen LogP contribution in [0.4, 0.5) is 11.4 Å². The summed E-state index contributed by atoms with van der Waals surface area (Å²) in [4.78, 5) is 0. The lowest BCUT2D eigenvalue weighted by molar-refractivity contribution is 0.395. The van der Waals surface area contributed by atoms with Crippen LogP contribution in [0.3, 0.4) is 0 Å². The molecule has 0 aromatic heterocycles. The van der Waals surface area contributed by atoms with Crippen molar-refractivity contribution in [2.24, 2.45) is 0 Å². The number of methoxy groups -OCH3 is 3. The van der Waals surface area contributed by atoms with Crippen LogP contribution >= 0.6 is 23.8 Å². The lowest BCUT2D eigenvalue weighted by Gasteiger charge is -2.13. The van der Waals surface area contributed by atoms with Crippen LogP contribution in [-0.2, 0) is 0 Å². The second-order valence-corrected chi connectivity index (χ2v) is 5.35. The fourth-order valence-corrected chi connectivity index (χ4v) is 2.41. The van der Waals surface area contributed by atoms with E-state index in [2.05, 4.69) is 10.6 Å². The molecule has 23 heavy (non-hydrogen) atoms. The topological polar surface area (TPSA) is 51.8 Å². The van der Waals surface area contributed by atoms with Gasteiger partial charge in [-0.3, -0.25) is 0 Å². The molecular weight excluding hydrogens is 336 g/mol. The molecule has 0 heterocycles. The number of thiocarbonyl (C=S) groups is 1. The van der Waals surface area contributed by atoms with Crippen LogP contribution < -0.4 is 24.8 Å². The Morgan fingerprint density at radius 2 is 1.48 bits per heavy atom. The highest BCUT2D eigenvalue weighted by atomic mass is 35.5. The third-order valence-electron chi connectivity index (χ3n) is 3.02. The highest BCUT2D eigenvalue weighted by Crippen LogP contribution is 2.28. The van der Waals surface area contributed by atoms with Crippen molar-refractivity contribution >= 4 is 40.3 Å². The Morgan fingerprint density at radius 3 is 2.00 bits per heavy atom. The fourth-order valence-electron chi connectivity index (χ4n) is 1.92. The van der Waals surface area contributed by atoms with Crippen LogP contribution in [-0.4, -0.2) is 26.4 Å². The minimum absolute atomic E-state index is 0.418. The van der Waals surface area contributed by atoms with Crippen molar-refractivity contribution in [2.75, 3.05) is 32.0 Å². The van der Waals surface area contributed by atoms with E-state index in [-0.39, 0.29) is 0 Å². The van der Waals surface area contributed by atoms with Crippen molar-refractivity contribution in [3.8, 4) is 17.2 Å². The zero-order valence-corrected chi connectivity index (χ0v) is 14.5. The molecule has 0 unspecified atom stereocenters. The minimum Gasteiger partial charge on any atom is -0.497 e. The maximum atomic E-state index is 6.09. The average Bonchev–Trinajstić information content (AvgIpc) is 2.54. The van der Waals surface area contributed by atoms with Gasteiger partial charge in [0.2, 0.25) is 0 Å². The number of halogens is 1. The monoisotopic (exact) mass is 352 g/mol. The van der Waals surface area contributed by atoms with Crippen molar-refractivity contribution < 1.29 is 14.2 Å². The molecule has 0 saturated heterocycles. The fraction of sp³-hybridized carbons (Fsp3) is 0.188. The van der Waals surface area contributed by atoms with Gasteiger partial charge in [0.1, 0.15) is 17.2 Å². The zero-order valence-electron chi connectivity index (χ0n) is 13.0. The summed E-state index contributed by atoms with van der Waals surface area (Å²) in [7, 11) is 4.75. The van der Waals surface area contributed by atoms with Crippen LogP contribution in [0.25, 0.3) is 0 Å². The van der Waals surface area contributed by atoms with Gasteiger partial charge < -0.3 is 24.8 Å². The summed E-state index contributed by atoms with van der Waals surface area (Å²) in [6.07, 6.45) is 0. The Kier molecular flexibility index (Phi) is 5.90. The van der Waals surface area contributed by atoms with Gasteiger partial charge in [0, 0.05) is 29.6 Å². The Hall–Kier alpha value is -2.18. The molecule has 2 rings (SSSR count). The second-order valence-electron chi connectivity index (χ2n) is 4.53. The van der Waals surface area contributed by atoms with E-state index in [1.165, 1.54) is 0 Å². The third kappa shape index (κ3) is 4.64. The van der Waals surface area contributed by atoms with Gasteiger partial charge >= 0.3 is 0 Å². The molecule has 0 saturated carbocycles. The summed E-state index contributed by atoms with van der Waals surface area (Å²) >= 11 is 11.4. The predicted octanol–water partition coefficient (Wildman–Crippen LogP) is 4.17. The molecule has 0 fully saturated rings. The van der Waals surface area contributed by atoms with Crippen molar-refractivity contribution in [3.63, 3.8) is 0 Å². The molecule has 0 spiro atoms. The first-order valence-electron chi connectivity index (χ1n) is 6.70. The smallest absolute Gasteiger partial charge is 0.175 e. The molecule has 0 atom stereocenters. The number of hydrogen-bond acceptors (Lipinski definition) is 4. The summed E-state index contributed by atoms with van der Waals surface area (Å²) in [5, 5.41) is 7.05. The third-order valence-corrected chi connectivity index (χ3v) is 3.52. The standard InChI is InChI=1S/C16H17ClN2O3S/c1-20-12-6-11(7-13(9-12)21-2)19-16(23)18-10-4-5-15(22-3)14(17)8-10/h4-9H,1-3H3,(H2,18,19,23). The van der Waals surface area contributed by atoms with Gasteiger partial charge in [-0.15, -0.1) is 0 Å². The quantitative estimate of drug-likeness (QED) is 0.787. The Bertz CT molecular complexity index is 687. The maximum Gasteiger partial charge on any atom is 0.175 e. The summed E-state index contributed by atoms with van der Waals surface area (Å²) in [6, 6.07) is 10.7. The van der Waals surface area contributed by atoms with Crippen LogP contribution in [0, 0.1) is 0 Å². The van der Waals surface area contributed by atoms with E-state index < -0.39 is 0 Å². The number of nitrogens with one attached hydrogen (secondary N) is 2. The van der Waals surface area contributed by atoms with Gasteiger partial charge in [-0.05, 0) is 30.4 Å². The van der Waals surface area contributed by atoms with E-state index in [4.69, 9.17) is 38.0 Å². The molecule has 2 N–H and O–H groups in total. The first kappa shape index (κ1) is 17.2. The second kappa shape index (κ2) is 7.89. The number of ether oxygens (including phenoxy) is 3. The molecule has 0 aliphatic carbocycles. The van der Waals surface area contributed by atoms with E-state index in [9.17, 15) is 0 Å². The van der Waals surface area contributed by atoms with E-state index >= 15 is 0 Å². The molecular formula is C16H17ClN2O3S. The highest BCUT2D eigenvalue weighted by molar-refractivity contribution is 7.80. The lowest BCUT2D eigenvalue weighted by atomic mass is 10.2. The molecule has 0 bridgehead atoms. The van der Waals surface area contributed by atoms with Gasteiger partial charge in [0.25, 0.3) is 0 Å². The summed E-state index contributed by atoms with van der Waals surface area (Å²) in [5.74, 6) is 1.94. The molecule has 0 aliphatic heterocycles. The molecule has 7 heteroatoms. The van der Waals surface area contributed by atoms with Gasteiger partial charge in [-0.25, -0.2) is 0 Å². The van der Waals surface area contributed by atoms with Crippen molar-refractivity contribution in [3.05, 3.63) is 41.4 Å². The lowest BCUT2D eigenvalue weighted by Crippen LogP contribution is -2.19. The van der Waals surface area contributed by atoms with E-state index in [1.54, 1.807) is 39.5 Å². The number of rotatable bonds is 5. The molecule has 2 aromatic carbocycles. The van der Waals surface area contributed by atoms with Crippen molar-refractivity contribution in [1.29, 1.82) is 0 Å². The number of hydrogen-bond donors (Lipinski definition) is 2. The van der Waals surface area contributed by atoms with E-state index in [0.29, 0.717) is 27.4 Å². The number of benzene rings is 2. The molecule has 2 aromatic rings. The summed E-state index contributed by atoms with van der Waals surface area (Å²) in [5.41, 5.74) is 1.50. The Balaban J connectivity index is 2.09. The van der Waals surface area contributed by atoms with Crippen molar-refractivity contribution in [2.45, 2.75) is 0 Å². The van der Waals surface area contributed by atoms with Crippen molar-refractivity contribution in [1.82, 2.24) is 0 Å².